The number of aromatic nitrogens is 1. The Morgan fingerprint density at radius 1 is 1.53 bits per heavy atom. The summed E-state index contributed by atoms with van der Waals surface area (Å²) in [6, 6.07) is 5.59. The minimum atomic E-state index is 0.325. The van der Waals surface area contributed by atoms with Crippen molar-refractivity contribution in [2.24, 2.45) is 5.73 Å². The third-order valence-corrected chi connectivity index (χ3v) is 3.53. The summed E-state index contributed by atoms with van der Waals surface area (Å²) in [5, 5.41) is 0. The fourth-order valence-electron chi connectivity index (χ4n) is 1.28. The van der Waals surface area contributed by atoms with E-state index < -0.39 is 0 Å². The largest absolute Gasteiger partial charge is 0.487 e. The van der Waals surface area contributed by atoms with Gasteiger partial charge in [-0.3, -0.25) is 4.98 Å². The van der Waals surface area contributed by atoms with E-state index in [2.05, 4.69) is 20.9 Å². The molecule has 2 aromatic rings. The molecule has 0 bridgehead atoms. The first-order valence-electron chi connectivity index (χ1n) is 4.76. The lowest BCUT2D eigenvalue weighted by Gasteiger charge is -2.10. The molecule has 0 unspecified atom stereocenters. The molecule has 0 radical (unpaired) electrons. The van der Waals surface area contributed by atoms with Crippen LogP contribution in [0.3, 0.4) is 0 Å². The van der Waals surface area contributed by atoms with Crippen molar-refractivity contribution in [2.45, 2.75) is 6.61 Å². The summed E-state index contributed by atoms with van der Waals surface area (Å²) >= 11 is 9.92. The van der Waals surface area contributed by atoms with Gasteiger partial charge in [0, 0.05) is 10.7 Å². The molecular weight excluding hydrogens is 320 g/mol. The lowest BCUT2D eigenvalue weighted by atomic mass is 10.2. The topological polar surface area (TPSA) is 48.1 Å². The minimum absolute atomic E-state index is 0.325. The number of thiocarbonyl (C=S) groups is 1. The van der Waals surface area contributed by atoms with E-state index in [0.717, 1.165) is 14.9 Å². The van der Waals surface area contributed by atoms with Gasteiger partial charge >= 0.3 is 0 Å². The predicted octanol–water partition coefficient (Wildman–Crippen LogP) is 3.12. The zero-order valence-electron chi connectivity index (χ0n) is 8.72. The molecule has 0 fully saturated rings. The molecule has 1 heterocycles. The van der Waals surface area contributed by atoms with Crippen LogP contribution in [0.1, 0.15) is 10.4 Å². The van der Waals surface area contributed by atoms with Crippen LogP contribution in [0.4, 0.5) is 0 Å². The van der Waals surface area contributed by atoms with Crippen LogP contribution in [0.15, 0.2) is 34.4 Å². The maximum atomic E-state index is 5.68. The summed E-state index contributed by atoms with van der Waals surface area (Å²) < 4.78 is 6.60. The van der Waals surface area contributed by atoms with Gasteiger partial charge in [-0.25, -0.2) is 0 Å². The Kier molecular flexibility index (Phi) is 4.09. The zero-order chi connectivity index (χ0) is 12.3. The summed E-state index contributed by atoms with van der Waals surface area (Å²) in [7, 11) is 0. The highest BCUT2D eigenvalue weighted by Gasteiger charge is 2.07. The first kappa shape index (κ1) is 12.5. The average Bonchev–Trinajstić information content (AvgIpc) is 2.80. The van der Waals surface area contributed by atoms with Crippen molar-refractivity contribution in [3.63, 3.8) is 0 Å². The molecule has 0 spiro atoms. The molecule has 0 amide bonds. The second-order valence-electron chi connectivity index (χ2n) is 3.26. The van der Waals surface area contributed by atoms with E-state index >= 15 is 0 Å². The number of nitrogens with two attached hydrogens (primary N) is 1. The molecule has 0 aliphatic rings. The van der Waals surface area contributed by atoms with Crippen LogP contribution in [0.25, 0.3) is 0 Å². The van der Waals surface area contributed by atoms with Crippen molar-refractivity contribution in [1.29, 1.82) is 0 Å². The van der Waals surface area contributed by atoms with Crippen molar-refractivity contribution in [3.8, 4) is 5.75 Å². The van der Waals surface area contributed by atoms with Crippen molar-refractivity contribution >= 4 is 44.5 Å². The number of rotatable bonds is 4. The first-order chi connectivity index (χ1) is 8.16. The zero-order valence-corrected chi connectivity index (χ0v) is 11.9. The SMILES string of the molecule is NC(=S)c1cc(Br)ccc1OCc1cncs1. The number of nitrogens with zero attached hydrogens (tertiary/aromatic N) is 1. The van der Waals surface area contributed by atoms with Crippen molar-refractivity contribution in [2.75, 3.05) is 0 Å². The molecule has 6 heteroatoms. The van der Waals surface area contributed by atoms with Gasteiger partial charge in [0.25, 0.3) is 0 Å². The quantitative estimate of drug-likeness (QED) is 0.876. The first-order valence-corrected chi connectivity index (χ1v) is 6.84. The number of hydrogen-bond acceptors (Lipinski definition) is 4. The Morgan fingerprint density at radius 3 is 3.00 bits per heavy atom. The van der Waals surface area contributed by atoms with Crippen molar-refractivity contribution in [3.05, 3.63) is 44.8 Å². The summed E-state index contributed by atoms with van der Waals surface area (Å²) in [5.41, 5.74) is 8.16. The standard InChI is InChI=1S/C11H9BrN2OS2/c12-7-1-2-10(9(3-7)11(13)16)15-5-8-4-14-6-17-8/h1-4,6H,5H2,(H2,13,16). The van der Waals surface area contributed by atoms with Crippen LogP contribution in [-0.2, 0) is 6.61 Å². The molecule has 0 saturated heterocycles. The molecule has 1 aromatic heterocycles. The third kappa shape index (κ3) is 3.24. The highest BCUT2D eigenvalue weighted by Crippen LogP contribution is 2.24. The van der Waals surface area contributed by atoms with E-state index in [-0.39, 0.29) is 0 Å². The van der Waals surface area contributed by atoms with Gasteiger partial charge in [0.1, 0.15) is 17.3 Å². The maximum Gasteiger partial charge on any atom is 0.130 e. The maximum absolute atomic E-state index is 5.68. The van der Waals surface area contributed by atoms with Crippen molar-refractivity contribution in [1.82, 2.24) is 4.98 Å². The Balaban J connectivity index is 2.17. The number of thiazole rings is 1. The van der Waals surface area contributed by atoms with Crippen molar-refractivity contribution < 1.29 is 4.74 Å². The molecule has 2 rings (SSSR count). The highest BCUT2D eigenvalue weighted by atomic mass is 79.9. The van der Waals surface area contributed by atoms with Gasteiger partial charge in [0.05, 0.1) is 16.0 Å². The minimum Gasteiger partial charge on any atom is -0.487 e. The van der Waals surface area contributed by atoms with Gasteiger partial charge in [-0.05, 0) is 18.2 Å². The third-order valence-electron chi connectivity index (χ3n) is 2.06. The fraction of sp³-hybridized carbons (Fsp3) is 0.0909. The smallest absolute Gasteiger partial charge is 0.130 e. The summed E-state index contributed by atoms with van der Waals surface area (Å²) in [6.07, 6.45) is 1.78. The summed E-state index contributed by atoms with van der Waals surface area (Å²) in [6.45, 7) is 0.474. The molecule has 1 aromatic carbocycles. The van der Waals surface area contributed by atoms with Crippen LogP contribution >= 0.6 is 39.5 Å². The number of hydrogen-bond donors (Lipinski definition) is 1. The van der Waals surface area contributed by atoms with Gasteiger partial charge in [0.2, 0.25) is 0 Å². The molecule has 0 aliphatic heterocycles. The Morgan fingerprint density at radius 2 is 2.35 bits per heavy atom. The second kappa shape index (κ2) is 5.57. The molecule has 2 N–H and O–H groups in total. The molecule has 88 valence electrons. The number of benzene rings is 1. The monoisotopic (exact) mass is 328 g/mol. The molecule has 17 heavy (non-hydrogen) atoms. The summed E-state index contributed by atoms with van der Waals surface area (Å²) in [5.74, 6) is 0.689. The van der Waals surface area contributed by atoms with E-state index in [0.29, 0.717) is 17.3 Å². The van der Waals surface area contributed by atoms with Gasteiger partial charge < -0.3 is 10.5 Å². The van der Waals surface area contributed by atoms with E-state index in [1.165, 1.54) is 0 Å². The average molecular weight is 329 g/mol. The number of halogens is 1. The van der Waals surface area contributed by atoms with Crippen LogP contribution in [-0.4, -0.2) is 9.97 Å². The van der Waals surface area contributed by atoms with E-state index in [1.807, 2.05) is 18.2 Å². The lowest BCUT2D eigenvalue weighted by Crippen LogP contribution is -2.11. The van der Waals surface area contributed by atoms with Gasteiger partial charge in [0.15, 0.2) is 0 Å². The number of ether oxygens (including phenoxy) is 1. The molecule has 3 nitrogen and oxygen atoms in total. The predicted molar refractivity (Wildman–Crippen MR) is 76.5 cm³/mol. The molecule has 0 atom stereocenters. The van der Waals surface area contributed by atoms with Crippen LogP contribution in [0, 0.1) is 0 Å². The van der Waals surface area contributed by atoms with Crippen LogP contribution in [0.5, 0.6) is 5.75 Å². The normalized spacial score (nSPS) is 10.2. The Bertz CT molecular complexity index is 528. The second-order valence-corrected chi connectivity index (χ2v) is 5.59. The van der Waals surface area contributed by atoms with Gasteiger partial charge in [-0.15, -0.1) is 11.3 Å². The van der Waals surface area contributed by atoms with E-state index in [1.54, 1.807) is 23.0 Å². The van der Waals surface area contributed by atoms with E-state index in [9.17, 15) is 0 Å². The highest BCUT2D eigenvalue weighted by molar-refractivity contribution is 9.10. The fourth-order valence-corrected chi connectivity index (χ4v) is 2.31. The van der Waals surface area contributed by atoms with Gasteiger partial charge in [-0.1, -0.05) is 28.1 Å². The van der Waals surface area contributed by atoms with Gasteiger partial charge in [-0.2, -0.15) is 0 Å². The molecular formula is C11H9BrN2OS2. The lowest BCUT2D eigenvalue weighted by molar-refractivity contribution is 0.309. The van der Waals surface area contributed by atoms with E-state index in [4.69, 9.17) is 22.7 Å². The Labute approximate surface area is 117 Å². The van der Waals surface area contributed by atoms with Crippen LogP contribution < -0.4 is 10.5 Å². The molecule has 0 saturated carbocycles. The van der Waals surface area contributed by atoms with Crippen LogP contribution in [0.2, 0.25) is 0 Å². The summed E-state index contributed by atoms with van der Waals surface area (Å²) in [4.78, 5) is 5.37. The molecule has 0 aliphatic carbocycles. The Hall–Kier alpha value is -0.980.